The van der Waals surface area contributed by atoms with Gasteiger partial charge in [0.15, 0.2) is 0 Å². The summed E-state index contributed by atoms with van der Waals surface area (Å²) in [5.41, 5.74) is 1.43. The monoisotopic (exact) mass is 274 g/mol. The Kier molecular flexibility index (Phi) is 3.15. The number of benzene rings is 1. The first-order valence-corrected chi connectivity index (χ1v) is 6.87. The standard InChI is InChI=1S/C15H15ClN2O/c1-10-6-7-18(9-10)15(19)12-8-14(16)17-13-5-3-2-4-11(12)13/h2-5,8,10H,6-7,9H2,1H3. The van der Waals surface area contributed by atoms with Crippen molar-refractivity contribution in [2.24, 2.45) is 5.92 Å². The Morgan fingerprint density at radius 1 is 1.42 bits per heavy atom. The summed E-state index contributed by atoms with van der Waals surface area (Å²) in [6.45, 7) is 3.83. The molecule has 0 radical (unpaired) electrons. The molecule has 1 saturated heterocycles. The van der Waals surface area contributed by atoms with Gasteiger partial charge in [-0.2, -0.15) is 0 Å². The lowest BCUT2D eigenvalue weighted by molar-refractivity contribution is 0.0790. The number of aromatic nitrogens is 1. The molecule has 1 aromatic heterocycles. The van der Waals surface area contributed by atoms with Gasteiger partial charge in [0.2, 0.25) is 0 Å². The van der Waals surface area contributed by atoms with E-state index in [2.05, 4.69) is 11.9 Å². The summed E-state index contributed by atoms with van der Waals surface area (Å²) >= 11 is 6.02. The molecule has 1 fully saturated rings. The Hall–Kier alpha value is -1.61. The maximum Gasteiger partial charge on any atom is 0.254 e. The lowest BCUT2D eigenvalue weighted by Gasteiger charge is -2.17. The zero-order valence-electron chi connectivity index (χ0n) is 10.8. The number of halogens is 1. The Labute approximate surface area is 117 Å². The number of carbonyl (C=O) groups excluding carboxylic acids is 1. The Balaban J connectivity index is 2.06. The number of amides is 1. The summed E-state index contributed by atoms with van der Waals surface area (Å²) in [5.74, 6) is 0.636. The second-order valence-corrected chi connectivity index (χ2v) is 5.54. The zero-order chi connectivity index (χ0) is 13.4. The van der Waals surface area contributed by atoms with E-state index in [1.54, 1.807) is 6.07 Å². The Morgan fingerprint density at radius 3 is 2.95 bits per heavy atom. The number of pyridine rings is 1. The van der Waals surface area contributed by atoms with Gasteiger partial charge in [-0.1, -0.05) is 36.7 Å². The molecule has 1 unspecified atom stereocenters. The molecule has 1 aromatic carbocycles. The summed E-state index contributed by atoms with van der Waals surface area (Å²) in [6, 6.07) is 9.30. The molecule has 0 bridgehead atoms. The number of hydrogen-bond donors (Lipinski definition) is 0. The van der Waals surface area contributed by atoms with E-state index in [-0.39, 0.29) is 5.91 Å². The van der Waals surface area contributed by atoms with Crippen molar-refractivity contribution >= 4 is 28.4 Å². The first kappa shape index (κ1) is 12.4. The third kappa shape index (κ3) is 2.30. The van der Waals surface area contributed by atoms with E-state index >= 15 is 0 Å². The minimum absolute atomic E-state index is 0.0600. The largest absolute Gasteiger partial charge is 0.338 e. The van der Waals surface area contributed by atoms with Crippen LogP contribution in [0.15, 0.2) is 30.3 Å². The van der Waals surface area contributed by atoms with Gasteiger partial charge in [0, 0.05) is 18.5 Å². The molecule has 1 atom stereocenters. The van der Waals surface area contributed by atoms with Crippen molar-refractivity contribution in [1.82, 2.24) is 9.88 Å². The third-order valence-electron chi connectivity index (χ3n) is 3.63. The maximum absolute atomic E-state index is 12.6. The molecule has 3 rings (SSSR count). The van der Waals surface area contributed by atoms with Gasteiger partial charge in [0.25, 0.3) is 5.91 Å². The smallest absolute Gasteiger partial charge is 0.254 e. The minimum atomic E-state index is 0.0600. The highest BCUT2D eigenvalue weighted by Crippen LogP contribution is 2.24. The predicted octanol–water partition coefficient (Wildman–Crippen LogP) is 3.37. The topological polar surface area (TPSA) is 33.2 Å². The summed E-state index contributed by atoms with van der Waals surface area (Å²) in [7, 11) is 0. The maximum atomic E-state index is 12.6. The third-order valence-corrected chi connectivity index (χ3v) is 3.82. The quantitative estimate of drug-likeness (QED) is 0.747. The van der Waals surface area contributed by atoms with Crippen molar-refractivity contribution < 1.29 is 4.79 Å². The van der Waals surface area contributed by atoms with Crippen LogP contribution in [0.3, 0.4) is 0 Å². The molecular weight excluding hydrogens is 260 g/mol. The van der Waals surface area contributed by atoms with Gasteiger partial charge in [0.1, 0.15) is 5.15 Å². The molecule has 0 spiro atoms. The van der Waals surface area contributed by atoms with Crippen molar-refractivity contribution in [3.8, 4) is 0 Å². The van der Waals surface area contributed by atoms with Crippen molar-refractivity contribution in [2.45, 2.75) is 13.3 Å². The molecule has 1 amide bonds. The fourth-order valence-electron chi connectivity index (χ4n) is 2.61. The summed E-state index contributed by atoms with van der Waals surface area (Å²) in [5, 5.41) is 1.24. The SMILES string of the molecule is CC1CCN(C(=O)c2cc(Cl)nc3ccccc23)C1. The average Bonchev–Trinajstić information content (AvgIpc) is 2.83. The van der Waals surface area contributed by atoms with E-state index in [0.29, 0.717) is 16.6 Å². The highest BCUT2D eigenvalue weighted by Gasteiger charge is 2.25. The lowest BCUT2D eigenvalue weighted by atomic mass is 10.1. The average molecular weight is 275 g/mol. The molecule has 1 aliphatic rings. The predicted molar refractivity (Wildman–Crippen MR) is 76.4 cm³/mol. The molecule has 2 heterocycles. The summed E-state index contributed by atoms with van der Waals surface area (Å²) in [6.07, 6.45) is 1.07. The van der Waals surface area contributed by atoms with E-state index in [4.69, 9.17) is 11.6 Å². The number of carbonyl (C=O) groups is 1. The minimum Gasteiger partial charge on any atom is -0.338 e. The number of fused-ring (bicyclic) bond motifs is 1. The van der Waals surface area contributed by atoms with Crippen LogP contribution in [-0.4, -0.2) is 28.9 Å². The summed E-state index contributed by atoms with van der Waals surface area (Å²) in [4.78, 5) is 18.8. The number of rotatable bonds is 1. The van der Waals surface area contributed by atoms with E-state index < -0.39 is 0 Å². The molecule has 3 nitrogen and oxygen atoms in total. The lowest BCUT2D eigenvalue weighted by Crippen LogP contribution is -2.28. The fraction of sp³-hybridized carbons (Fsp3) is 0.333. The molecule has 0 aliphatic carbocycles. The summed E-state index contributed by atoms with van der Waals surface area (Å²) < 4.78 is 0. The van der Waals surface area contributed by atoms with Crippen LogP contribution in [0.1, 0.15) is 23.7 Å². The van der Waals surface area contributed by atoms with Gasteiger partial charge in [-0.05, 0) is 24.5 Å². The van der Waals surface area contributed by atoms with Crippen LogP contribution >= 0.6 is 11.6 Å². The van der Waals surface area contributed by atoms with Crippen molar-refractivity contribution in [1.29, 1.82) is 0 Å². The molecule has 19 heavy (non-hydrogen) atoms. The van der Waals surface area contributed by atoms with Gasteiger partial charge in [-0.15, -0.1) is 0 Å². The van der Waals surface area contributed by atoms with Gasteiger partial charge in [-0.3, -0.25) is 4.79 Å². The molecule has 2 aromatic rings. The number of hydrogen-bond acceptors (Lipinski definition) is 2. The van der Waals surface area contributed by atoms with Crippen molar-refractivity contribution in [3.63, 3.8) is 0 Å². The van der Waals surface area contributed by atoms with Gasteiger partial charge >= 0.3 is 0 Å². The molecule has 4 heteroatoms. The van der Waals surface area contributed by atoms with Crippen LogP contribution in [0.2, 0.25) is 5.15 Å². The first-order valence-electron chi connectivity index (χ1n) is 6.49. The van der Waals surface area contributed by atoms with Crippen LogP contribution in [-0.2, 0) is 0 Å². The number of nitrogens with zero attached hydrogens (tertiary/aromatic N) is 2. The highest BCUT2D eigenvalue weighted by molar-refractivity contribution is 6.30. The number of para-hydroxylation sites is 1. The zero-order valence-corrected chi connectivity index (χ0v) is 11.5. The normalized spacial score (nSPS) is 19.1. The first-order chi connectivity index (χ1) is 9.15. The van der Waals surface area contributed by atoms with Crippen molar-refractivity contribution in [2.75, 3.05) is 13.1 Å². The van der Waals surface area contributed by atoms with E-state index in [9.17, 15) is 4.79 Å². The Bertz CT molecular complexity index is 641. The van der Waals surface area contributed by atoms with E-state index in [0.717, 1.165) is 30.4 Å². The second kappa shape index (κ2) is 4.82. The van der Waals surface area contributed by atoms with Crippen LogP contribution in [0.4, 0.5) is 0 Å². The van der Waals surface area contributed by atoms with E-state index in [1.807, 2.05) is 29.2 Å². The van der Waals surface area contributed by atoms with Crippen LogP contribution in [0.25, 0.3) is 10.9 Å². The highest BCUT2D eigenvalue weighted by atomic mass is 35.5. The molecule has 0 saturated carbocycles. The van der Waals surface area contributed by atoms with Gasteiger partial charge in [-0.25, -0.2) is 4.98 Å². The second-order valence-electron chi connectivity index (χ2n) is 5.15. The van der Waals surface area contributed by atoms with E-state index in [1.165, 1.54) is 0 Å². The number of likely N-dealkylation sites (tertiary alicyclic amines) is 1. The van der Waals surface area contributed by atoms with Crippen LogP contribution in [0.5, 0.6) is 0 Å². The molecule has 1 aliphatic heterocycles. The van der Waals surface area contributed by atoms with Crippen LogP contribution in [0, 0.1) is 5.92 Å². The van der Waals surface area contributed by atoms with Gasteiger partial charge < -0.3 is 4.90 Å². The van der Waals surface area contributed by atoms with Crippen LogP contribution < -0.4 is 0 Å². The molecular formula is C15H15ClN2O. The van der Waals surface area contributed by atoms with Crippen molar-refractivity contribution in [3.05, 3.63) is 41.0 Å². The Morgan fingerprint density at radius 2 is 2.21 bits per heavy atom. The van der Waals surface area contributed by atoms with Gasteiger partial charge in [0.05, 0.1) is 11.1 Å². The molecule has 0 N–H and O–H groups in total. The fourth-order valence-corrected chi connectivity index (χ4v) is 2.81. The molecule has 98 valence electrons.